The maximum absolute atomic E-state index is 12.6. The molecule has 0 atom stereocenters. The second kappa shape index (κ2) is 6.35. The molecule has 0 radical (unpaired) electrons. The van der Waals surface area contributed by atoms with Crippen molar-refractivity contribution in [3.63, 3.8) is 0 Å². The summed E-state index contributed by atoms with van der Waals surface area (Å²) in [7, 11) is 0. The van der Waals surface area contributed by atoms with Crippen molar-refractivity contribution in [3.05, 3.63) is 75.5 Å². The molecular weight excluding hydrogens is 359 g/mol. The number of anilines is 1. The molecular formula is C18H12Cl2N4O. The molecule has 0 spiro atoms. The summed E-state index contributed by atoms with van der Waals surface area (Å²) in [5, 5.41) is 10.3. The minimum absolute atomic E-state index is 0.231. The average molecular weight is 371 g/mol. The topological polar surface area (TPSA) is 70.1 Å². The van der Waals surface area contributed by atoms with Gasteiger partial charge in [0.1, 0.15) is 5.69 Å². The highest BCUT2D eigenvalue weighted by molar-refractivity contribution is 6.40. The van der Waals surface area contributed by atoms with Crippen molar-refractivity contribution in [2.24, 2.45) is 4.99 Å². The van der Waals surface area contributed by atoms with Gasteiger partial charge >= 0.3 is 0 Å². The van der Waals surface area contributed by atoms with E-state index in [-0.39, 0.29) is 5.56 Å². The summed E-state index contributed by atoms with van der Waals surface area (Å²) < 4.78 is 0. The molecule has 1 aliphatic heterocycles. The van der Waals surface area contributed by atoms with Gasteiger partial charge in [0.2, 0.25) is 0 Å². The molecule has 3 aromatic rings. The normalized spacial score (nSPS) is 12.6. The molecule has 1 aromatic heterocycles. The number of amides is 1. The Balaban J connectivity index is 1.63. The molecule has 2 aromatic carbocycles. The maximum Gasteiger partial charge on any atom is 0.258 e. The van der Waals surface area contributed by atoms with Gasteiger partial charge in [0.15, 0.2) is 0 Å². The first kappa shape index (κ1) is 15.9. The number of halogens is 2. The Bertz CT molecular complexity index is 990. The van der Waals surface area contributed by atoms with Crippen LogP contribution in [0.1, 0.15) is 21.6 Å². The van der Waals surface area contributed by atoms with Crippen LogP contribution in [0.3, 0.4) is 0 Å². The largest absolute Gasteiger partial charge is 0.319 e. The van der Waals surface area contributed by atoms with E-state index in [0.29, 0.717) is 27.8 Å². The lowest BCUT2D eigenvalue weighted by Gasteiger charge is -2.08. The van der Waals surface area contributed by atoms with Crippen molar-refractivity contribution in [2.75, 3.05) is 5.32 Å². The van der Waals surface area contributed by atoms with E-state index in [9.17, 15) is 4.79 Å². The summed E-state index contributed by atoms with van der Waals surface area (Å²) in [5.41, 5.74) is 4.33. The fraction of sp³-hybridized carbons (Fsp3) is 0.0556. The fourth-order valence-electron chi connectivity index (χ4n) is 2.78. The number of carbonyl (C=O) groups is 1. The van der Waals surface area contributed by atoms with Crippen LogP contribution in [0.5, 0.6) is 0 Å². The lowest BCUT2D eigenvalue weighted by molar-refractivity contribution is 0.102. The quantitative estimate of drug-likeness (QED) is 0.704. The third-order valence-electron chi connectivity index (χ3n) is 3.97. The Morgan fingerprint density at radius 3 is 2.60 bits per heavy atom. The van der Waals surface area contributed by atoms with Gasteiger partial charge in [-0.2, -0.15) is 5.10 Å². The number of nitrogens with one attached hydrogen (secondary N) is 2. The number of aromatic nitrogens is 2. The van der Waals surface area contributed by atoms with Gasteiger partial charge in [0.25, 0.3) is 5.91 Å². The number of aliphatic imine (C=N–C) groups is 1. The van der Waals surface area contributed by atoms with E-state index >= 15 is 0 Å². The van der Waals surface area contributed by atoms with Crippen molar-refractivity contribution < 1.29 is 4.79 Å². The molecule has 7 heteroatoms. The summed E-state index contributed by atoms with van der Waals surface area (Å²) in [6, 6.07) is 12.8. The number of hydrogen-bond donors (Lipinski definition) is 2. The first-order chi connectivity index (χ1) is 12.1. The highest BCUT2D eigenvalue weighted by Crippen LogP contribution is 2.30. The second-order valence-corrected chi connectivity index (χ2v) is 6.39. The Labute approximate surface area is 153 Å². The highest BCUT2D eigenvalue weighted by atomic mass is 35.5. The Hall–Kier alpha value is -2.63. The number of rotatable bonds is 3. The van der Waals surface area contributed by atoms with Crippen molar-refractivity contribution in [1.29, 1.82) is 0 Å². The average Bonchev–Trinajstić information content (AvgIpc) is 3.20. The molecule has 0 saturated carbocycles. The number of H-pyrrole nitrogens is 1. The van der Waals surface area contributed by atoms with Gasteiger partial charge in [-0.3, -0.25) is 14.9 Å². The molecule has 4 rings (SSSR count). The number of benzene rings is 2. The highest BCUT2D eigenvalue weighted by Gasteiger charge is 2.22. The van der Waals surface area contributed by atoms with Crippen LogP contribution in [0.4, 0.5) is 11.4 Å². The van der Waals surface area contributed by atoms with E-state index in [4.69, 9.17) is 23.2 Å². The minimum Gasteiger partial charge on any atom is -0.319 e. The number of carbonyl (C=O) groups excluding carboxylic acids is 1. The first-order valence-electron chi connectivity index (χ1n) is 7.58. The third kappa shape index (κ3) is 2.92. The summed E-state index contributed by atoms with van der Waals surface area (Å²) in [6.45, 7) is 0. The van der Waals surface area contributed by atoms with E-state index in [1.54, 1.807) is 24.4 Å². The lowest BCUT2D eigenvalue weighted by Crippen LogP contribution is -2.15. The lowest BCUT2D eigenvalue weighted by atomic mass is 10.1. The summed E-state index contributed by atoms with van der Waals surface area (Å²) in [4.78, 5) is 17.2. The molecule has 124 valence electrons. The van der Waals surface area contributed by atoms with Crippen LogP contribution in [-0.2, 0) is 6.42 Å². The van der Waals surface area contributed by atoms with E-state index in [1.807, 2.05) is 24.3 Å². The second-order valence-electron chi connectivity index (χ2n) is 5.57. The smallest absolute Gasteiger partial charge is 0.258 e. The number of aromatic amines is 1. The van der Waals surface area contributed by atoms with E-state index in [0.717, 1.165) is 17.0 Å². The molecule has 5 nitrogen and oxygen atoms in total. The first-order valence-corrected chi connectivity index (χ1v) is 8.33. The Morgan fingerprint density at radius 2 is 1.84 bits per heavy atom. The van der Waals surface area contributed by atoms with Crippen LogP contribution in [-0.4, -0.2) is 21.8 Å². The van der Waals surface area contributed by atoms with Gasteiger partial charge in [-0.25, -0.2) is 0 Å². The molecule has 1 amide bonds. The van der Waals surface area contributed by atoms with Crippen LogP contribution in [0.2, 0.25) is 10.0 Å². The van der Waals surface area contributed by atoms with Crippen LogP contribution in [0.25, 0.3) is 0 Å². The molecule has 0 saturated heterocycles. The van der Waals surface area contributed by atoms with Gasteiger partial charge < -0.3 is 5.32 Å². The number of hydrogen-bond acceptors (Lipinski definition) is 3. The zero-order chi connectivity index (χ0) is 17.4. The zero-order valence-corrected chi connectivity index (χ0v) is 14.4. The van der Waals surface area contributed by atoms with Gasteiger partial charge in [0, 0.05) is 6.42 Å². The standard InChI is InChI=1S/C18H12Cl2N4O/c19-11-5-3-6-12(20)16(11)18(25)23-15-9-21-24-17(15)14-8-10-4-1-2-7-13(10)22-14/h1-7,9H,8H2,(H,21,24)(H,23,25). The predicted octanol–water partition coefficient (Wildman–Crippen LogP) is 4.65. The van der Waals surface area contributed by atoms with E-state index in [2.05, 4.69) is 20.5 Å². The van der Waals surface area contributed by atoms with Crippen LogP contribution in [0.15, 0.2) is 53.7 Å². The Morgan fingerprint density at radius 1 is 1.08 bits per heavy atom. The van der Waals surface area contributed by atoms with Gasteiger partial charge in [-0.05, 0) is 23.8 Å². The van der Waals surface area contributed by atoms with Crippen LogP contribution < -0.4 is 5.32 Å². The van der Waals surface area contributed by atoms with Crippen molar-refractivity contribution in [2.45, 2.75) is 6.42 Å². The van der Waals surface area contributed by atoms with Crippen LogP contribution in [0, 0.1) is 0 Å². The maximum atomic E-state index is 12.6. The molecule has 2 heterocycles. The van der Waals surface area contributed by atoms with Crippen LogP contribution >= 0.6 is 23.2 Å². The molecule has 0 aliphatic carbocycles. The van der Waals surface area contributed by atoms with E-state index in [1.165, 1.54) is 0 Å². The molecule has 1 aliphatic rings. The van der Waals surface area contributed by atoms with Crippen molar-refractivity contribution >= 4 is 46.2 Å². The zero-order valence-electron chi connectivity index (χ0n) is 12.9. The Kier molecular flexibility index (Phi) is 4.03. The van der Waals surface area contributed by atoms with E-state index < -0.39 is 5.91 Å². The van der Waals surface area contributed by atoms with Crippen molar-refractivity contribution in [3.8, 4) is 0 Å². The minimum atomic E-state index is -0.394. The van der Waals surface area contributed by atoms with Gasteiger partial charge in [-0.15, -0.1) is 0 Å². The summed E-state index contributed by atoms with van der Waals surface area (Å²) in [5.74, 6) is -0.394. The SMILES string of the molecule is O=C(Nc1cn[nH]c1C1=Nc2ccccc2C1)c1c(Cl)cccc1Cl. The molecule has 25 heavy (non-hydrogen) atoms. The van der Waals surface area contributed by atoms with Gasteiger partial charge in [0.05, 0.1) is 38.9 Å². The van der Waals surface area contributed by atoms with Gasteiger partial charge in [-0.1, -0.05) is 47.5 Å². The molecule has 0 bridgehead atoms. The number of fused-ring (bicyclic) bond motifs is 1. The molecule has 0 unspecified atom stereocenters. The monoisotopic (exact) mass is 370 g/mol. The third-order valence-corrected chi connectivity index (χ3v) is 4.60. The summed E-state index contributed by atoms with van der Waals surface area (Å²) >= 11 is 12.2. The number of nitrogens with zero attached hydrogens (tertiary/aromatic N) is 2. The fourth-order valence-corrected chi connectivity index (χ4v) is 3.35. The summed E-state index contributed by atoms with van der Waals surface area (Å²) in [6.07, 6.45) is 2.22. The number of para-hydroxylation sites is 1. The van der Waals surface area contributed by atoms with Crippen molar-refractivity contribution in [1.82, 2.24) is 10.2 Å². The molecule has 2 N–H and O–H groups in total. The molecule has 0 fully saturated rings. The predicted molar refractivity (Wildman–Crippen MR) is 99.3 cm³/mol.